The Balaban J connectivity index is 2.16. The number of nitrogens with zero attached hydrogens (tertiary/aromatic N) is 2. The molecule has 0 aliphatic carbocycles. The molecule has 0 aliphatic heterocycles. The van der Waals surface area contributed by atoms with Crippen LogP contribution in [0.5, 0.6) is 0 Å². The summed E-state index contributed by atoms with van der Waals surface area (Å²) in [6, 6.07) is 14.8. The van der Waals surface area contributed by atoms with Gasteiger partial charge in [0.2, 0.25) is 0 Å². The summed E-state index contributed by atoms with van der Waals surface area (Å²) in [4.78, 5) is 29.9. The highest BCUT2D eigenvalue weighted by atomic mass is 19.2. The average molecular weight is 379 g/mol. The molecule has 4 aromatic rings. The third-order valence-electron chi connectivity index (χ3n) is 4.79. The molecule has 142 valence electrons. The molecule has 0 saturated heterocycles. The number of aromatic amines is 1. The normalized spacial score (nSPS) is 11.1. The predicted molar refractivity (Wildman–Crippen MR) is 108 cm³/mol. The Kier molecular flexibility index (Phi) is 4.15. The van der Waals surface area contributed by atoms with Gasteiger partial charge in [0.05, 0.1) is 23.5 Å². The third-order valence-corrected chi connectivity index (χ3v) is 4.79. The number of pyridine rings is 1. The molecule has 0 radical (unpaired) electrons. The van der Waals surface area contributed by atoms with Gasteiger partial charge in [-0.2, -0.15) is 0 Å². The van der Waals surface area contributed by atoms with Crippen LogP contribution in [0, 0.1) is 0 Å². The second-order valence-corrected chi connectivity index (χ2v) is 6.67. The number of hydrogen-bond acceptors (Lipinski definition) is 4. The number of benzene rings is 2. The summed E-state index contributed by atoms with van der Waals surface area (Å²) in [5.41, 5.74) is 1.47. The Morgan fingerprint density at radius 1 is 1.11 bits per heavy atom. The van der Waals surface area contributed by atoms with Crippen LogP contribution in [0.1, 0.15) is 10.4 Å². The molecule has 0 unspecified atom stereocenters. The first-order chi connectivity index (χ1) is 13.4. The van der Waals surface area contributed by atoms with Crippen LogP contribution in [0.15, 0.2) is 53.3 Å². The topological polar surface area (TPSA) is 67.3 Å². The van der Waals surface area contributed by atoms with Gasteiger partial charge in [0.15, 0.2) is 0 Å². The summed E-state index contributed by atoms with van der Waals surface area (Å²) in [5.74, 6) is -0.317. The molecule has 0 amide bonds. The number of nitrogens with one attached hydrogen (secondary N) is 1. The van der Waals surface area contributed by atoms with Gasteiger partial charge in [-0.15, -0.1) is 4.79 Å². The molecule has 0 bridgehead atoms. The van der Waals surface area contributed by atoms with E-state index in [2.05, 4.69) is 4.98 Å². The SMILES string of the molecule is COC(=O)c1c(N(C)C)[nH]c2c1c(=O)n(F)c1ccc(-c3ccccc3)cc21. The summed E-state index contributed by atoms with van der Waals surface area (Å²) in [7, 11) is 4.68. The lowest BCUT2D eigenvalue weighted by Crippen LogP contribution is -2.18. The lowest BCUT2D eigenvalue weighted by molar-refractivity contribution is 0.0603. The standard InChI is InChI=1S/C21H18FN3O3/c1-24(2)19-17(21(27)28-3)16-18(23-19)14-11-13(12-7-5-4-6-8-12)9-10-15(14)25(22)20(16)26/h4-11,23H,1-3H3. The van der Waals surface area contributed by atoms with Crippen LogP contribution in [-0.2, 0) is 4.74 Å². The van der Waals surface area contributed by atoms with E-state index >= 15 is 0 Å². The highest BCUT2D eigenvalue weighted by molar-refractivity contribution is 6.16. The maximum Gasteiger partial charge on any atom is 0.342 e. The van der Waals surface area contributed by atoms with Crippen LogP contribution >= 0.6 is 0 Å². The quantitative estimate of drug-likeness (QED) is 0.551. The van der Waals surface area contributed by atoms with Crippen molar-refractivity contribution in [2.75, 3.05) is 26.1 Å². The molecule has 6 nitrogen and oxygen atoms in total. The number of anilines is 1. The van der Waals surface area contributed by atoms with Gasteiger partial charge in [-0.1, -0.05) is 40.9 Å². The summed E-state index contributed by atoms with van der Waals surface area (Å²) in [5, 5.41) is 0.465. The molecule has 0 saturated carbocycles. The van der Waals surface area contributed by atoms with E-state index in [0.29, 0.717) is 16.7 Å². The van der Waals surface area contributed by atoms with Crippen LogP contribution in [0.4, 0.5) is 10.3 Å². The van der Waals surface area contributed by atoms with Crippen LogP contribution in [0.2, 0.25) is 0 Å². The molecule has 4 rings (SSSR count). The fourth-order valence-electron chi connectivity index (χ4n) is 3.46. The number of rotatable bonds is 3. The van der Waals surface area contributed by atoms with E-state index in [-0.39, 0.29) is 21.3 Å². The zero-order valence-electron chi connectivity index (χ0n) is 15.6. The van der Waals surface area contributed by atoms with Crippen molar-refractivity contribution in [3.05, 3.63) is 64.4 Å². The second kappa shape index (κ2) is 6.53. The number of esters is 1. The molecule has 7 heteroatoms. The van der Waals surface area contributed by atoms with Crippen molar-refractivity contribution in [3.8, 4) is 11.1 Å². The maximum atomic E-state index is 14.8. The van der Waals surface area contributed by atoms with Crippen molar-refractivity contribution < 1.29 is 14.0 Å². The van der Waals surface area contributed by atoms with Crippen molar-refractivity contribution in [1.82, 2.24) is 9.77 Å². The van der Waals surface area contributed by atoms with Gasteiger partial charge in [0, 0.05) is 19.5 Å². The van der Waals surface area contributed by atoms with E-state index in [0.717, 1.165) is 11.1 Å². The van der Waals surface area contributed by atoms with Crippen molar-refractivity contribution in [1.29, 1.82) is 0 Å². The Bertz CT molecular complexity index is 1270. The Hall–Kier alpha value is -3.61. The monoisotopic (exact) mass is 379 g/mol. The van der Waals surface area contributed by atoms with Crippen molar-refractivity contribution in [2.24, 2.45) is 0 Å². The molecular formula is C21H18FN3O3. The molecule has 0 aliphatic rings. The van der Waals surface area contributed by atoms with Gasteiger partial charge >= 0.3 is 5.97 Å². The van der Waals surface area contributed by atoms with Crippen molar-refractivity contribution in [2.45, 2.75) is 0 Å². The van der Waals surface area contributed by atoms with Gasteiger partial charge in [0.1, 0.15) is 11.4 Å². The molecule has 2 aromatic heterocycles. The van der Waals surface area contributed by atoms with Crippen molar-refractivity contribution in [3.63, 3.8) is 0 Å². The third kappa shape index (κ3) is 2.55. The first kappa shape index (κ1) is 17.8. The lowest BCUT2D eigenvalue weighted by atomic mass is 10.0. The van der Waals surface area contributed by atoms with Crippen molar-refractivity contribution >= 4 is 33.6 Å². The molecule has 1 N–H and O–H groups in total. The van der Waals surface area contributed by atoms with Gasteiger partial charge < -0.3 is 14.6 Å². The predicted octanol–water partition coefficient (Wildman–Crippen LogP) is 3.74. The Labute approximate surface area is 159 Å². The van der Waals surface area contributed by atoms with E-state index in [9.17, 15) is 14.1 Å². The van der Waals surface area contributed by atoms with Crippen LogP contribution < -0.4 is 10.5 Å². The number of methoxy groups -OCH3 is 1. The summed E-state index contributed by atoms with van der Waals surface area (Å²) in [6.07, 6.45) is 0. The minimum Gasteiger partial charge on any atom is -0.465 e. The summed E-state index contributed by atoms with van der Waals surface area (Å²) < 4.78 is 19.7. The number of H-pyrrole nitrogens is 1. The van der Waals surface area contributed by atoms with Crippen LogP contribution in [-0.4, -0.2) is 36.9 Å². The number of carbonyl (C=O) groups excluding carboxylic acids is 1. The van der Waals surface area contributed by atoms with E-state index in [1.54, 1.807) is 37.2 Å². The first-order valence-corrected chi connectivity index (χ1v) is 8.65. The van der Waals surface area contributed by atoms with E-state index in [1.807, 2.05) is 30.3 Å². The number of ether oxygens (including phenoxy) is 1. The fourth-order valence-corrected chi connectivity index (χ4v) is 3.46. The van der Waals surface area contributed by atoms with E-state index in [1.165, 1.54) is 7.11 Å². The Morgan fingerprint density at radius 2 is 1.82 bits per heavy atom. The number of aromatic nitrogens is 2. The molecular weight excluding hydrogens is 361 g/mol. The maximum absolute atomic E-state index is 14.8. The minimum absolute atomic E-state index is 0.0194. The zero-order valence-corrected chi connectivity index (χ0v) is 15.6. The summed E-state index contributed by atoms with van der Waals surface area (Å²) >= 11 is 0. The number of halogens is 1. The lowest BCUT2D eigenvalue weighted by Gasteiger charge is -2.11. The molecule has 2 heterocycles. The van der Waals surface area contributed by atoms with E-state index < -0.39 is 11.5 Å². The minimum atomic E-state index is -0.903. The fraction of sp³-hybridized carbons (Fsp3) is 0.143. The number of fused-ring (bicyclic) bond motifs is 3. The van der Waals surface area contributed by atoms with Gasteiger partial charge in [0.25, 0.3) is 5.56 Å². The van der Waals surface area contributed by atoms with Crippen LogP contribution in [0.3, 0.4) is 0 Å². The summed E-state index contributed by atoms with van der Waals surface area (Å²) in [6.45, 7) is 0. The zero-order chi connectivity index (χ0) is 20.0. The smallest absolute Gasteiger partial charge is 0.342 e. The van der Waals surface area contributed by atoms with Gasteiger partial charge in [-0.3, -0.25) is 4.79 Å². The van der Waals surface area contributed by atoms with Gasteiger partial charge in [-0.25, -0.2) is 4.79 Å². The molecule has 28 heavy (non-hydrogen) atoms. The molecule has 0 atom stereocenters. The molecule has 0 spiro atoms. The van der Waals surface area contributed by atoms with Gasteiger partial charge in [-0.05, 0) is 23.3 Å². The second-order valence-electron chi connectivity index (χ2n) is 6.67. The first-order valence-electron chi connectivity index (χ1n) is 8.65. The number of hydrogen-bond donors (Lipinski definition) is 1. The molecule has 2 aromatic carbocycles. The van der Waals surface area contributed by atoms with E-state index in [4.69, 9.17) is 4.74 Å². The highest BCUT2D eigenvalue weighted by Crippen LogP contribution is 2.33. The van der Waals surface area contributed by atoms with Crippen LogP contribution in [0.25, 0.3) is 32.9 Å². The largest absolute Gasteiger partial charge is 0.465 e. The molecule has 0 fully saturated rings. The average Bonchev–Trinajstić information content (AvgIpc) is 3.13. The highest BCUT2D eigenvalue weighted by Gasteiger charge is 2.26. The number of carbonyl (C=O) groups is 1. The Morgan fingerprint density at radius 3 is 2.46 bits per heavy atom.